The number of hydrogen-bond donors (Lipinski definition) is 2. The normalized spacial score (nSPS) is 27.7. The fraction of sp³-hybridized carbons (Fsp3) is 0.846. The van der Waals surface area contributed by atoms with Crippen LogP contribution in [0.15, 0.2) is 0 Å². The fourth-order valence-electron chi connectivity index (χ4n) is 2.66. The molecule has 0 aromatic rings. The van der Waals surface area contributed by atoms with E-state index < -0.39 is 17.4 Å². The van der Waals surface area contributed by atoms with Crippen molar-refractivity contribution in [3.05, 3.63) is 0 Å². The van der Waals surface area contributed by atoms with Gasteiger partial charge in [0, 0.05) is 17.5 Å². The zero-order valence-electron chi connectivity index (χ0n) is 11.4. The third kappa shape index (κ3) is 4.83. The summed E-state index contributed by atoms with van der Waals surface area (Å²) >= 11 is 0. The molecule has 0 amide bonds. The molecule has 2 rings (SSSR count). The van der Waals surface area contributed by atoms with Crippen molar-refractivity contribution in [1.82, 2.24) is 0 Å². The minimum Gasteiger partial charge on any atom is -0.549 e. The van der Waals surface area contributed by atoms with E-state index in [9.17, 15) is 19.8 Å². The van der Waals surface area contributed by atoms with E-state index in [0.29, 0.717) is 12.8 Å². The second-order valence-electron chi connectivity index (χ2n) is 5.48. The van der Waals surface area contributed by atoms with Gasteiger partial charge in [0.15, 0.2) is 0 Å². The van der Waals surface area contributed by atoms with Crippen molar-refractivity contribution in [2.45, 2.75) is 63.5 Å². The van der Waals surface area contributed by atoms with Gasteiger partial charge in [-0.05, 0) is 25.7 Å². The summed E-state index contributed by atoms with van der Waals surface area (Å²) in [5, 5.41) is 20.9. The van der Waals surface area contributed by atoms with Crippen LogP contribution in [0.1, 0.15) is 51.4 Å². The van der Waals surface area contributed by atoms with E-state index in [-0.39, 0.29) is 46.0 Å². The molecule has 7 heteroatoms. The smallest absolute Gasteiger partial charge is 0.549 e. The van der Waals surface area contributed by atoms with Gasteiger partial charge in [-0.2, -0.15) is 0 Å². The zero-order valence-corrected chi connectivity index (χ0v) is 13.7. The number of hydrogen-bond acceptors (Lipinski definition) is 6. The van der Waals surface area contributed by atoms with Gasteiger partial charge < -0.3 is 31.3 Å². The van der Waals surface area contributed by atoms with Gasteiger partial charge in [-0.15, -0.1) is 0 Å². The van der Waals surface area contributed by atoms with E-state index >= 15 is 0 Å². The first-order valence-electron chi connectivity index (χ1n) is 6.84. The largest absolute Gasteiger partial charge is 2.00 e. The van der Waals surface area contributed by atoms with Crippen molar-refractivity contribution in [3.63, 3.8) is 0 Å². The summed E-state index contributed by atoms with van der Waals surface area (Å²) < 4.78 is 0. The third-order valence-corrected chi connectivity index (χ3v) is 4.11. The second-order valence-corrected chi connectivity index (χ2v) is 5.48. The van der Waals surface area contributed by atoms with Gasteiger partial charge in [-0.3, -0.25) is 0 Å². The first-order chi connectivity index (χ1) is 8.90. The number of carboxylic acid groups (broad SMARTS) is 2. The van der Waals surface area contributed by atoms with E-state index in [0.717, 1.165) is 12.8 Å². The number of carboxylic acids is 2. The molecule has 0 aromatic carbocycles. The average Bonchev–Trinajstić information content (AvgIpc) is 2.84. The molecular weight excluding hydrogens is 443 g/mol. The number of aliphatic carboxylic acids is 2. The van der Waals surface area contributed by atoms with Crippen LogP contribution in [0.5, 0.6) is 0 Å². The Morgan fingerprint density at radius 1 is 0.850 bits per heavy atom. The first-order valence-corrected chi connectivity index (χ1v) is 6.84. The van der Waals surface area contributed by atoms with E-state index in [4.69, 9.17) is 11.5 Å². The molecule has 0 radical (unpaired) electrons. The van der Waals surface area contributed by atoms with Gasteiger partial charge in [0.05, 0.1) is 11.9 Å². The first kappa shape index (κ1) is 19.5. The summed E-state index contributed by atoms with van der Waals surface area (Å²) in [5.41, 5.74) is 9.61. The zero-order chi connectivity index (χ0) is 14.5. The Balaban J connectivity index is 0.000000359. The molecule has 0 unspecified atom stereocenters. The molecule has 2 fully saturated rings. The molecule has 0 heterocycles. The SMILES string of the molecule is N[C@@H]1CCCC[C@H]1N.O=C([O-])C1(C(=O)[O-])CCCC1.[Pt+2]. The maximum atomic E-state index is 10.4. The van der Waals surface area contributed by atoms with Gasteiger partial charge in [-0.25, -0.2) is 0 Å². The molecule has 2 atom stereocenters. The molecule has 118 valence electrons. The average molecular weight is 465 g/mol. The Kier molecular flexibility index (Phi) is 8.55. The Morgan fingerprint density at radius 3 is 1.40 bits per heavy atom. The van der Waals surface area contributed by atoms with Crippen LogP contribution in [-0.4, -0.2) is 24.0 Å². The van der Waals surface area contributed by atoms with Gasteiger partial charge in [0.2, 0.25) is 0 Å². The van der Waals surface area contributed by atoms with Crippen LogP contribution >= 0.6 is 0 Å². The molecule has 0 aliphatic heterocycles. The monoisotopic (exact) mass is 465 g/mol. The maximum absolute atomic E-state index is 10.4. The minimum absolute atomic E-state index is 0. The Bertz CT molecular complexity index is 306. The molecule has 2 saturated carbocycles. The Labute approximate surface area is 133 Å². The molecule has 20 heavy (non-hydrogen) atoms. The van der Waals surface area contributed by atoms with Gasteiger partial charge in [-0.1, -0.05) is 25.7 Å². The predicted octanol–water partition coefficient (Wildman–Crippen LogP) is -1.74. The molecule has 0 spiro atoms. The molecule has 4 N–H and O–H groups in total. The second kappa shape index (κ2) is 8.75. The molecular formula is C13H22N2O4Pt. The van der Waals surface area contributed by atoms with Crippen LogP contribution in [0.2, 0.25) is 0 Å². The van der Waals surface area contributed by atoms with Gasteiger partial charge in [0.1, 0.15) is 0 Å². The van der Waals surface area contributed by atoms with Crippen molar-refractivity contribution in [3.8, 4) is 0 Å². The number of rotatable bonds is 2. The predicted molar refractivity (Wildman–Crippen MR) is 65.3 cm³/mol. The van der Waals surface area contributed by atoms with Crippen molar-refractivity contribution in [2.75, 3.05) is 0 Å². The van der Waals surface area contributed by atoms with E-state index in [2.05, 4.69) is 0 Å². The van der Waals surface area contributed by atoms with Gasteiger partial charge in [0.25, 0.3) is 0 Å². The van der Waals surface area contributed by atoms with E-state index in [1.807, 2.05) is 0 Å². The summed E-state index contributed by atoms with van der Waals surface area (Å²) in [6.45, 7) is 0. The molecule has 2 aliphatic rings. The minimum atomic E-state index is -1.69. The molecule has 0 saturated heterocycles. The standard InChI is InChI=1S/C7H10O4.C6H14N2.Pt/c8-5(9)7(6(10)11)3-1-2-4-7;7-5-3-1-2-4-6(5)8;/h1-4H2,(H,8,9)(H,10,11);5-6H,1-4,7-8H2;/q;;+2/p-2/t;5-,6-;/m.1./s1. The number of nitrogens with two attached hydrogens (primary N) is 2. The summed E-state index contributed by atoms with van der Waals surface area (Å²) in [7, 11) is 0. The van der Waals surface area contributed by atoms with Crippen molar-refractivity contribution >= 4 is 11.9 Å². The van der Waals surface area contributed by atoms with Crippen molar-refractivity contribution in [1.29, 1.82) is 0 Å². The summed E-state index contributed by atoms with van der Waals surface area (Å²) in [5.74, 6) is -3.01. The van der Waals surface area contributed by atoms with E-state index in [1.54, 1.807) is 0 Å². The molecule has 6 nitrogen and oxygen atoms in total. The van der Waals surface area contributed by atoms with Crippen LogP contribution in [0, 0.1) is 5.41 Å². The van der Waals surface area contributed by atoms with Crippen LogP contribution < -0.4 is 21.7 Å². The van der Waals surface area contributed by atoms with Crippen LogP contribution in [0.3, 0.4) is 0 Å². The Morgan fingerprint density at radius 2 is 1.20 bits per heavy atom. The summed E-state index contributed by atoms with van der Waals surface area (Å²) in [6, 6.07) is 0.562. The molecule has 0 bridgehead atoms. The Hall–Kier alpha value is -0.452. The van der Waals surface area contributed by atoms with Crippen LogP contribution in [0.25, 0.3) is 0 Å². The number of carbonyl (C=O) groups is 2. The topological polar surface area (TPSA) is 132 Å². The summed E-state index contributed by atoms with van der Waals surface area (Å²) in [6.07, 6.45) is 6.35. The fourth-order valence-corrected chi connectivity index (χ4v) is 2.66. The van der Waals surface area contributed by atoms with E-state index in [1.165, 1.54) is 12.8 Å². The number of carbonyl (C=O) groups excluding carboxylic acids is 2. The third-order valence-electron chi connectivity index (χ3n) is 4.11. The van der Waals surface area contributed by atoms with Gasteiger partial charge >= 0.3 is 21.1 Å². The van der Waals surface area contributed by atoms with Crippen LogP contribution in [-0.2, 0) is 30.7 Å². The van der Waals surface area contributed by atoms with Crippen molar-refractivity contribution in [2.24, 2.45) is 16.9 Å². The van der Waals surface area contributed by atoms with Crippen molar-refractivity contribution < 1.29 is 40.9 Å². The molecule has 0 aromatic heterocycles. The van der Waals surface area contributed by atoms with Crippen LogP contribution in [0.4, 0.5) is 0 Å². The quantitative estimate of drug-likeness (QED) is 0.466. The summed E-state index contributed by atoms with van der Waals surface area (Å²) in [4.78, 5) is 20.9. The maximum Gasteiger partial charge on any atom is 2.00 e. The molecule has 2 aliphatic carbocycles.